The van der Waals surface area contributed by atoms with Gasteiger partial charge in [-0.1, -0.05) is 0 Å². The van der Waals surface area contributed by atoms with Crippen LogP contribution in [0.25, 0.3) is 0 Å². The second-order valence-corrected chi connectivity index (χ2v) is 6.11. The average molecular weight is 340 g/mol. The third-order valence-electron chi connectivity index (χ3n) is 4.08. The van der Waals surface area contributed by atoms with Crippen molar-refractivity contribution in [3.05, 3.63) is 58.1 Å². The molecule has 0 atom stereocenters. The molecule has 1 heterocycles. The number of hydrazine groups is 1. The van der Waals surface area contributed by atoms with Crippen LogP contribution in [0.15, 0.2) is 52.5 Å². The van der Waals surface area contributed by atoms with Gasteiger partial charge in [0.25, 0.3) is 5.91 Å². The van der Waals surface area contributed by atoms with Crippen LogP contribution in [0, 0.1) is 5.41 Å². The summed E-state index contributed by atoms with van der Waals surface area (Å²) in [4.78, 5) is 12.8. The minimum atomic E-state index is -0.284. The molecule has 0 fully saturated rings. The highest BCUT2D eigenvalue weighted by molar-refractivity contribution is 6.09. The van der Waals surface area contributed by atoms with Gasteiger partial charge in [0.2, 0.25) is 0 Å². The van der Waals surface area contributed by atoms with Crippen molar-refractivity contribution in [3.8, 4) is 0 Å². The van der Waals surface area contributed by atoms with E-state index in [9.17, 15) is 4.79 Å². The van der Waals surface area contributed by atoms with Crippen molar-refractivity contribution in [2.24, 2.45) is 11.6 Å². The molecule has 0 saturated heterocycles. The predicted octanol–water partition coefficient (Wildman–Crippen LogP) is 2.19. The Balaban J connectivity index is 2.36. The molecule has 7 nitrogen and oxygen atoms in total. The van der Waals surface area contributed by atoms with Crippen LogP contribution in [-0.2, 0) is 4.79 Å². The Morgan fingerprint density at radius 3 is 2.44 bits per heavy atom. The molecule has 0 unspecified atom stereocenters. The number of allylic oxidation sites excluding steroid dienone is 3. The Morgan fingerprint density at radius 1 is 1.24 bits per heavy atom. The number of carbonyl (C=O) groups excluding carboxylic acids is 1. The van der Waals surface area contributed by atoms with Crippen molar-refractivity contribution in [1.82, 2.24) is 5.01 Å². The summed E-state index contributed by atoms with van der Waals surface area (Å²) in [5, 5.41) is 12.0. The fraction of sp³-hybridized carbons (Fsp3) is 0.222. The fourth-order valence-electron chi connectivity index (χ4n) is 2.73. The minimum absolute atomic E-state index is 0.284. The van der Waals surface area contributed by atoms with Crippen molar-refractivity contribution in [2.45, 2.75) is 27.7 Å². The van der Waals surface area contributed by atoms with Crippen LogP contribution in [-0.4, -0.2) is 16.6 Å². The van der Waals surface area contributed by atoms with Gasteiger partial charge < -0.3 is 22.2 Å². The maximum atomic E-state index is 12.8. The maximum absolute atomic E-state index is 12.8. The first-order chi connectivity index (χ1) is 11.6. The number of nitrogens with two attached hydrogens (primary N) is 3. The Labute approximate surface area is 147 Å². The quantitative estimate of drug-likeness (QED) is 0.327. The number of hydrogen-bond donors (Lipinski definition) is 5. The van der Waals surface area contributed by atoms with Gasteiger partial charge in [0.1, 0.15) is 0 Å². The second-order valence-electron chi connectivity index (χ2n) is 6.11. The number of nitrogen functional groups attached to an aromatic ring is 1. The maximum Gasteiger partial charge on any atom is 0.257 e. The number of hydrogen-bond acceptors (Lipinski definition) is 6. The van der Waals surface area contributed by atoms with Gasteiger partial charge in [0.05, 0.1) is 11.3 Å². The molecule has 132 valence electrons. The highest BCUT2D eigenvalue weighted by Crippen LogP contribution is 2.28. The molecular formula is C18H24N6O. The van der Waals surface area contributed by atoms with Gasteiger partial charge >= 0.3 is 0 Å². The van der Waals surface area contributed by atoms with Crippen LogP contribution in [0.1, 0.15) is 33.3 Å². The van der Waals surface area contributed by atoms with E-state index in [-0.39, 0.29) is 5.91 Å². The van der Waals surface area contributed by atoms with Crippen LogP contribution in [0.4, 0.5) is 11.4 Å². The van der Waals surface area contributed by atoms with E-state index in [4.69, 9.17) is 22.7 Å². The molecule has 1 amide bonds. The highest BCUT2D eigenvalue weighted by Gasteiger charge is 2.24. The summed E-state index contributed by atoms with van der Waals surface area (Å²) < 4.78 is 0. The number of amides is 1. The topological polar surface area (TPSA) is 134 Å². The first kappa shape index (κ1) is 18.3. The smallest absolute Gasteiger partial charge is 0.257 e. The van der Waals surface area contributed by atoms with Gasteiger partial charge in [-0.3, -0.25) is 9.80 Å². The Bertz CT molecular complexity index is 843. The summed E-state index contributed by atoms with van der Waals surface area (Å²) in [6.45, 7) is 7.01. The second kappa shape index (κ2) is 6.82. The van der Waals surface area contributed by atoms with E-state index >= 15 is 0 Å². The SMILES string of the molecule is CC(=N)c1cc(NC(=O)C2=C(C)N(N)/C(=C(/C)N)C=C2C)ccc1N. The molecular weight excluding hydrogens is 316 g/mol. The van der Waals surface area contributed by atoms with E-state index in [0.717, 1.165) is 5.57 Å². The number of carbonyl (C=O) groups is 1. The highest BCUT2D eigenvalue weighted by atomic mass is 16.1. The molecule has 7 heteroatoms. The fourth-order valence-corrected chi connectivity index (χ4v) is 2.73. The van der Waals surface area contributed by atoms with E-state index in [1.807, 2.05) is 6.92 Å². The van der Waals surface area contributed by atoms with E-state index < -0.39 is 0 Å². The van der Waals surface area contributed by atoms with E-state index in [1.54, 1.807) is 45.0 Å². The average Bonchev–Trinajstić information content (AvgIpc) is 2.52. The molecule has 1 aromatic rings. The standard InChI is InChI=1S/C18H24N6O/c1-9-7-16(11(3)20)24(22)12(4)17(9)18(25)23-13-5-6-15(21)14(8-13)10(2)19/h5-8,19H,20-22H2,1-4H3,(H,23,25)/b16-11-,19-10?. The first-order valence-corrected chi connectivity index (χ1v) is 7.80. The molecule has 2 rings (SSSR count). The van der Waals surface area contributed by atoms with Gasteiger partial charge in [-0.25, -0.2) is 5.84 Å². The molecule has 0 bridgehead atoms. The molecule has 0 saturated carbocycles. The summed E-state index contributed by atoms with van der Waals surface area (Å²) in [7, 11) is 0. The van der Waals surface area contributed by atoms with Crippen molar-refractivity contribution in [3.63, 3.8) is 0 Å². The Hall–Kier alpha value is -3.06. The molecule has 25 heavy (non-hydrogen) atoms. The zero-order valence-corrected chi connectivity index (χ0v) is 14.9. The Morgan fingerprint density at radius 2 is 1.88 bits per heavy atom. The molecule has 8 N–H and O–H groups in total. The van der Waals surface area contributed by atoms with E-state index in [0.29, 0.717) is 45.3 Å². The molecule has 0 aliphatic carbocycles. The van der Waals surface area contributed by atoms with E-state index in [1.165, 1.54) is 5.01 Å². The van der Waals surface area contributed by atoms with Gasteiger partial charge in [-0.15, -0.1) is 0 Å². The van der Waals surface area contributed by atoms with Crippen LogP contribution >= 0.6 is 0 Å². The molecule has 1 aromatic carbocycles. The molecule has 0 aromatic heterocycles. The van der Waals surface area contributed by atoms with Gasteiger partial charge in [-0.05, 0) is 57.5 Å². The molecule has 1 aliphatic heterocycles. The Kier molecular flexibility index (Phi) is 4.99. The van der Waals surface area contributed by atoms with Crippen molar-refractivity contribution in [2.75, 3.05) is 11.1 Å². The summed E-state index contributed by atoms with van der Waals surface area (Å²) in [5.41, 5.74) is 16.8. The van der Waals surface area contributed by atoms with E-state index in [2.05, 4.69) is 5.32 Å². The summed E-state index contributed by atoms with van der Waals surface area (Å²) >= 11 is 0. The summed E-state index contributed by atoms with van der Waals surface area (Å²) in [6.07, 6.45) is 1.79. The van der Waals surface area contributed by atoms with Crippen molar-refractivity contribution < 1.29 is 4.79 Å². The zero-order valence-electron chi connectivity index (χ0n) is 14.9. The summed E-state index contributed by atoms with van der Waals surface area (Å²) in [5.74, 6) is 5.78. The van der Waals surface area contributed by atoms with Crippen molar-refractivity contribution in [1.29, 1.82) is 5.41 Å². The third kappa shape index (κ3) is 3.56. The lowest BCUT2D eigenvalue weighted by Gasteiger charge is -2.29. The van der Waals surface area contributed by atoms with Crippen LogP contribution in [0.3, 0.4) is 0 Å². The first-order valence-electron chi connectivity index (χ1n) is 7.80. The largest absolute Gasteiger partial charge is 0.401 e. The lowest BCUT2D eigenvalue weighted by atomic mass is 9.98. The minimum Gasteiger partial charge on any atom is -0.401 e. The van der Waals surface area contributed by atoms with Gasteiger partial charge in [0.15, 0.2) is 0 Å². The van der Waals surface area contributed by atoms with Gasteiger partial charge in [0, 0.05) is 34.0 Å². The van der Waals surface area contributed by atoms with Gasteiger partial charge in [-0.2, -0.15) is 0 Å². The molecule has 0 radical (unpaired) electrons. The third-order valence-corrected chi connectivity index (χ3v) is 4.08. The monoisotopic (exact) mass is 340 g/mol. The van der Waals surface area contributed by atoms with Crippen LogP contribution in [0.5, 0.6) is 0 Å². The predicted molar refractivity (Wildman–Crippen MR) is 101 cm³/mol. The lowest BCUT2D eigenvalue weighted by molar-refractivity contribution is -0.112. The number of rotatable bonds is 3. The number of nitrogens with one attached hydrogen (secondary N) is 2. The van der Waals surface area contributed by atoms with Crippen molar-refractivity contribution >= 4 is 23.0 Å². The number of benzene rings is 1. The number of nitrogens with zero attached hydrogens (tertiary/aromatic N) is 1. The normalized spacial score (nSPS) is 16.5. The summed E-state index contributed by atoms with van der Waals surface area (Å²) in [6, 6.07) is 5.05. The van der Waals surface area contributed by atoms with Crippen LogP contribution in [0.2, 0.25) is 0 Å². The lowest BCUT2D eigenvalue weighted by Crippen LogP contribution is -2.35. The molecule has 0 spiro atoms. The van der Waals surface area contributed by atoms with Crippen LogP contribution < -0.4 is 22.6 Å². The number of anilines is 2. The molecule has 1 aliphatic rings. The zero-order chi connectivity index (χ0) is 18.9.